The smallest absolute Gasteiger partial charge is 0.115 e. The number of rotatable bonds is 3. The van der Waals surface area contributed by atoms with Gasteiger partial charge >= 0.3 is 0 Å². The minimum Gasteiger partial charge on any atom is -0.271 e. The Kier molecular flexibility index (Phi) is 3.42. The summed E-state index contributed by atoms with van der Waals surface area (Å²) in [7, 11) is 0. The van der Waals surface area contributed by atoms with E-state index in [4.69, 9.17) is 5.84 Å². The largest absolute Gasteiger partial charge is 0.271 e. The summed E-state index contributed by atoms with van der Waals surface area (Å²) in [5.74, 6) is 5.58. The Morgan fingerprint density at radius 2 is 2.33 bits per heavy atom. The van der Waals surface area contributed by atoms with Crippen LogP contribution in [-0.2, 0) is 0 Å². The van der Waals surface area contributed by atoms with Crippen LogP contribution in [0.4, 0.5) is 0 Å². The molecule has 4 heteroatoms. The third kappa shape index (κ3) is 2.40. The van der Waals surface area contributed by atoms with Gasteiger partial charge in [-0.2, -0.15) is 0 Å². The molecule has 0 bridgehead atoms. The van der Waals surface area contributed by atoms with Gasteiger partial charge in [-0.05, 0) is 31.7 Å². The number of allylic oxidation sites excluding steroid dienone is 1. The summed E-state index contributed by atoms with van der Waals surface area (Å²) in [4.78, 5) is 8.14. The van der Waals surface area contributed by atoms with Crippen molar-refractivity contribution in [2.45, 2.75) is 31.7 Å². The van der Waals surface area contributed by atoms with Crippen LogP contribution in [0.25, 0.3) is 0 Å². The van der Waals surface area contributed by atoms with Gasteiger partial charge in [0.05, 0.1) is 11.7 Å². The SMILES string of the molecule is NNC(C1=CCCCC1)c1ccncn1. The summed E-state index contributed by atoms with van der Waals surface area (Å²) in [6, 6.07) is 1.95. The van der Waals surface area contributed by atoms with Gasteiger partial charge in [-0.3, -0.25) is 5.84 Å². The average molecular weight is 204 g/mol. The normalized spacial score (nSPS) is 18.3. The molecule has 4 nitrogen and oxygen atoms in total. The van der Waals surface area contributed by atoms with Crippen molar-refractivity contribution in [2.24, 2.45) is 5.84 Å². The molecule has 0 radical (unpaired) electrons. The molecule has 0 fully saturated rings. The van der Waals surface area contributed by atoms with E-state index < -0.39 is 0 Å². The predicted molar refractivity (Wildman–Crippen MR) is 58.6 cm³/mol. The van der Waals surface area contributed by atoms with Crippen molar-refractivity contribution >= 4 is 0 Å². The van der Waals surface area contributed by atoms with Crippen LogP contribution < -0.4 is 11.3 Å². The van der Waals surface area contributed by atoms with Crippen LogP contribution in [0.3, 0.4) is 0 Å². The number of hydrogen-bond acceptors (Lipinski definition) is 4. The molecule has 1 aliphatic rings. The highest BCUT2D eigenvalue weighted by atomic mass is 15.2. The summed E-state index contributed by atoms with van der Waals surface area (Å²) in [6.07, 6.45) is 10.4. The van der Waals surface area contributed by atoms with Crippen molar-refractivity contribution in [1.29, 1.82) is 0 Å². The van der Waals surface area contributed by atoms with E-state index in [0.29, 0.717) is 0 Å². The quantitative estimate of drug-likeness (QED) is 0.445. The van der Waals surface area contributed by atoms with Gasteiger partial charge in [0, 0.05) is 6.20 Å². The average Bonchev–Trinajstić information content (AvgIpc) is 2.33. The van der Waals surface area contributed by atoms with Crippen molar-refractivity contribution in [2.75, 3.05) is 0 Å². The lowest BCUT2D eigenvalue weighted by Gasteiger charge is -2.21. The van der Waals surface area contributed by atoms with Crippen LogP contribution >= 0.6 is 0 Å². The molecule has 0 saturated heterocycles. The number of hydrazine groups is 1. The van der Waals surface area contributed by atoms with E-state index in [1.807, 2.05) is 6.07 Å². The monoisotopic (exact) mass is 204 g/mol. The lowest BCUT2D eigenvalue weighted by atomic mass is 9.92. The molecule has 0 spiro atoms. The van der Waals surface area contributed by atoms with Crippen molar-refractivity contribution in [3.05, 3.63) is 35.9 Å². The van der Waals surface area contributed by atoms with Crippen LogP contribution in [0.2, 0.25) is 0 Å². The first kappa shape index (κ1) is 10.3. The molecule has 1 aromatic rings. The first-order valence-corrected chi connectivity index (χ1v) is 5.33. The molecule has 0 aliphatic heterocycles. The Bertz CT molecular complexity index is 334. The summed E-state index contributed by atoms with van der Waals surface area (Å²) >= 11 is 0. The molecule has 1 unspecified atom stereocenters. The van der Waals surface area contributed by atoms with Gasteiger partial charge in [0.1, 0.15) is 6.33 Å². The molecule has 1 atom stereocenters. The third-order valence-corrected chi connectivity index (χ3v) is 2.76. The number of nitrogens with one attached hydrogen (secondary N) is 1. The third-order valence-electron chi connectivity index (χ3n) is 2.76. The molecule has 0 aromatic carbocycles. The zero-order valence-electron chi connectivity index (χ0n) is 8.69. The summed E-state index contributed by atoms with van der Waals surface area (Å²) in [5.41, 5.74) is 5.12. The maximum Gasteiger partial charge on any atom is 0.115 e. The highest BCUT2D eigenvalue weighted by Crippen LogP contribution is 2.27. The van der Waals surface area contributed by atoms with Gasteiger partial charge in [-0.1, -0.05) is 11.6 Å². The van der Waals surface area contributed by atoms with E-state index >= 15 is 0 Å². The fraction of sp³-hybridized carbons (Fsp3) is 0.455. The number of aromatic nitrogens is 2. The Morgan fingerprint density at radius 3 is 2.93 bits per heavy atom. The summed E-state index contributed by atoms with van der Waals surface area (Å²) in [5, 5.41) is 0. The van der Waals surface area contributed by atoms with Crippen molar-refractivity contribution < 1.29 is 0 Å². The van der Waals surface area contributed by atoms with Crippen molar-refractivity contribution in [1.82, 2.24) is 15.4 Å². The first-order valence-electron chi connectivity index (χ1n) is 5.33. The molecule has 0 amide bonds. The molecule has 3 N–H and O–H groups in total. The molecule has 1 aromatic heterocycles. The first-order chi connectivity index (χ1) is 7.42. The number of hydrogen-bond donors (Lipinski definition) is 2. The fourth-order valence-electron chi connectivity index (χ4n) is 1.98. The topological polar surface area (TPSA) is 63.8 Å². The van der Waals surface area contributed by atoms with Crippen LogP contribution in [0.1, 0.15) is 37.4 Å². The second kappa shape index (κ2) is 5.00. The van der Waals surface area contributed by atoms with Crippen LogP contribution in [-0.4, -0.2) is 9.97 Å². The zero-order chi connectivity index (χ0) is 10.5. The van der Waals surface area contributed by atoms with Crippen molar-refractivity contribution in [3.63, 3.8) is 0 Å². The molecular formula is C11H16N4. The number of nitrogens with zero attached hydrogens (tertiary/aromatic N) is 2. The Morgan fingerprint density at radius 1 is 1.40 bits per heavy atom. The lowest BCUT2D eigenvalue weighted by molar-refractivity contribution is 0.554. The molecule has 80 valence electrons. The molecule has 1 aliphatic carbocycles. The van der Waals surface area contributed by atoms with Gasteiger partial charge in [-0.15, -0.1) is 0 Å². The summed E-state index contributed by atoms with van der Waals surface area (Å²) < 4.78 is 0. The van der Waals surface area contributed by atoms with Crippen molar-refractivity contribution in [3.8, 4) is 0 Å². The molecule has 2 rings (SSSR count). The Hall–Kier alpha value is -1.26. The lowest BCUT2D eigenvalue weighted by Crippen LogP contribution is -2.30. The van der Waals surface area contributed by atoms with Crippen LogP contribution in [0, 0.1) is 0 Å². The van der Waals surface area contributed by atoms with E-state index in [2.05, 4.69) is 21.5 Å². The highest BCUT2D eigenvalue weighted by molar-refractivity contribution is 5.22. The van der Waals surface area contributed by atoms with E-state index in [1.165, 1.54) is 18.4 Å². The maximum atomic E-state index is 5.58. The van der Waals surface area contributed by atoms with Gasteiger partial charge < -0.3 is 0 Å². The van der Waals surface area contributed by atoms with Gasteiger partial charge in [-0.25, -0.2) is 15.4 Å². The minimum absolute atomic E-state index is 0.0494. The second-order valence-corrected chi connectivity index (χ2v) is 3.76. The predicted octanol–water partition coefficient (Wildman–Crippen LogP) is 1.48. The van der Waals surface area contributed by atoms with E-state index in [9.17, 15) is 0 Å². The van der Waals surface area contributed by atoms with Crippen LogP contribution in [0.5, 0.6) is 0 Å². The van der Waals surface area contributed by atoms with Crippen LogP contribution in [0.15, 0.2) is 30.2 Å². The minimum atomic E-state index is 0.0494. The fourth-order valence-corrected chi connectivity index (χ4v) is 1.98. The Balaban J connectivity index is 2.20. The van der Waals surface area contributed by atoms with Gasteiger partial charge in [0.15, 0.2) is 0 Å². The summed E-state index contributed by atoms with van der Waals surface area (Å²) in [6.45, 7) is 0. The second-order valence-electron chi connectivity index (χ2n) is 3.76. The van der Waals surface area contributed by atoms with E-state index in [0.717, 1.165) is 18.5 Å². The molecular weight excluding hydrogens is 188 g/mol. The highest BCUT2D eigenvalue weighted by Gasteiger charge is 2.17. The molecule has 0 saturated carbocycles. The standard InChI is InChI=1S/C11H16N4/c12-15-11(9-4-2-1-3-5-9)10-6-7-13-8-14-10/h4,6-8,11,15H,1-3,5,12H2. The van der Waals surface area contributed by atoms with Gasteiger partial charge in [0.2, 0.25) is 0 Å². The van der Waals surface area contributed by atoms with Gasteiger partial charge in [0.25, 0.3) is 0 Å². The molecule has 15 heavy (non-hydrogen) atoms. The maximum absolute atomic E-state index is 5.58. The number of nitrogens with two attached hydrogens (primary N) is 1. The van der Waals surface area contributed by atoms with E-state index in [1.54, 1.807) is 12.5 Å². The zero-order valence-corrected chi connectivity index (χ0v) is 8.69. The molecule has 1 heterocycles. The Labute approximate surface area is 89.6 Å². The van der Waals surface area contributed by atoms with E-state index in [-0.39, 0.29) is 6.04 Å².